The number of unbranched alkanes of at least 4 members (excludes halogenated alkanes) is 3. The van der Waals surface area contributed by atoms with Gasteiger partial charge in [0, 0.05) is 6.42 Å². The highest BCUT2D eigenvalue weighted by Crippen LogP contribution is 2.03. The first-order valence-electron chi connectivity index (χ1n) is 4.51. The second kappa shape index (κ2) is 7.58. The summed E-state index contributed by atoms with van der Waals surface area (Å²) in [7, 11) is 0. The Morgan fingerprint density at radius 1 is 1.18 bits per heavy atom. The minimum atomic E-state index is 0.448. The van der Waals surface area contributed by atoms with Crippen molar-refractivity contribution in [1.82, 2.24) is 0 Å². The summed E-state index contributed by atoms with van der Waals surface area (Å²) in [6, 6.07) is 0. The van der Waals surface area contributed by atoms with Crippen LogP contribution in [0.25, 0.3) is 0 Å². The molecular formula is C9H19NO. The molecule has 0 saturated carbocycles. The van der Waals surface area contributed by atoms with Crippen LogP contribution in [0.2, 0.25) is 0 Å². The molecule has 0 atom stereocenters. The second-order valence-electron chi connectivity index (χ2n) is 2.67. The van der Waals surface area contributed by atoms with E-state index in [1.807, 2.05) is 6.92 Å². The highest BCUT2D eigenvalue weighted by atomic mass is 16.5. The molecule has 0 heterocycles. The summed E-state index contributed by atoms with van der Waals surface area (Å²) in [6.45, 7) is 4.74. The van der Waals surface area contributed by atoms with Gasteiger partial charge in [-0.15, -0.1) is 0 Å². The van der Waals surface area contributed by atoms with E-state index in [0.29, 0.717) is 12.5 Å². The fraction of sp³-hybridized carbons (Fsp3) is 0.889. The summed E-state index contributed by atoms with van der Waals surface area (Å²) in [6.07, 6.45) is 5.67. The molecule has 0 unspecified atom stereocenters. The Hall–Kier alpha value is -0.530. The summed E-state index contributed by atoms with van der Waals surface area (Å²) in [4.78, 5) is 0. The van der Waals surface area contributed by atoms with Crippen molar-refractivity contribution in [3.63, 3.8) is 0 Å². The summed E-state index contributed by atoms with van der Waals surface area (Å²) in [5.74, 6) is 0.448. The first-order valence-corrected chi connectivity index (χ1v) is 4.51. The Bertz CT molecular complexity index is 102. The van der Waals surface area contributed by atoms with Crippen molar-refractivity contribution in [3.8, 4) is 0 Å². The zero-order valence-corrected chi connectivity index (χ0v) is 7.65. The van der Waals surface area contributed by atoms with Crippen molar-refractivity contribution in [2.75, 3.05) is 6.61 Å². The van der Waals surface area contributed by atoms with Crippen LogP contribution in [0, 0.1) is 5.41 Å². The van der Waals surface area contributed by atoms with E-state index >= 15 is 0 Å². The summed E-state index contributed by atoms with van der Waals surface area (Å²) >= 11 is 0. The van der Waals surface area contributed by atoms with Crippen LogP contribution in [-0.2, 0) is 4.74 Å². The van der Waals surface area contributed by atoms with Crippen LogP contribution in [0.3, 0.4) is 0 Å². The van der Waals surface area contributed by atoms with E-state index in [1.54, 1.807) is 0 Å². The molecule has 0 aromatic heterocycles. The maximum absolute atomic E-state index is 7.30. The maximum atomic E-state index is 7.30. The quantitative estimate of drug-likeness (QED) is 0.359. The van der Waals surface area contributed by atoms with E-state index in [-0.39, 0.29) is 0 Å². The van der Waals surface area contributed by atoms with Gasteiger partial charge in [0.05, 0.1) is 6.61 Å². The van der Waals surface area contributed by atoms with Crippen LogP contribution < -0.4 is 0 Å². The van der Waals surface area contributed by atoms with Crippen molar-refractivity contribution in [1.29, 1.82) is 5.41 Å². The summed E-state index contributed by atoms with van der Waals surface area (Å²) in [5.41, 5.74) is 0. The molecule has 0 rings (SSSR count). The van der Waals surface area contributed by atoms with Gasteiger partial charge in [-0.25, -0.2) is 0 Å². The Kier molecular flexibility index (Phi) is 7.21. The molecule has 0 aliphatic carbocycles. The molecule has 0 fully saturated rings. The van der Waals surface area contributed by atoms with E-state index in [9.17, 15) is 0 Å². The zero-order chi connectivity index (χ0) is 8.53. The molecule has 11 heavy (non-hydrogen) atoms. The van der Waals surface area contributed by atoms with Crippen LogP contribution in [0.4, 0.5) is 0 Å². The van der Waals surface area contributed by atoms with Gasteiger partial charge < -0.3 is 4.74 Å². The van der Waals surface area contributed by atoms with Crippen LogP contribution in [-0.4, -0.2) is 12.5 Å². The Morgan fingerprint density at radius 2 is 1.91 bits per heavy atom. The van der Waals surface area contributed by atoms with Crippen molar-refractivity contribution in [2.24, 2.45) is 0 Å². The summed E-state index contributed by atoms with van der Waals surface area (Å²) in [5, 5.41) is 7.30. The molecule has 0 spiro atoms. The smallest absolute Gasteiger partial charge is 0.180 e. The number of hydrogen-bond acceptors (Lipinski definition) is 2. The van der Waals surface area contributed by atoms with E-state index in [0.717, 1.165) is 12.8 Å². The normalized spacial score (nSPS) is 9.64. The highest BCUT2D eigenvalue weighted by Gasteiger charge is 1.95. The van der Waals surface area contributed by atoms with Gasteiger partial charge in [-0.2, -0.15) is 0 Å². The predicted molar refractivity (Wildman–Crippen MR) is 48.1 cm³/mol. The van der Waals surface area contributed by atoms with Crippen LogP contribution in [0.5, 0.6) is 0 Å². The molecule has 0 aromatic carbocycles. The van der Waals surface area contributed by atoms with Crippen molar-refractivity contribution < 1.29 is 4.74 Å². The van der Waals surface area contributed by atoms with E-state index in [2.05, 4.69) is 6.92 Å². The Labute approximate surface area is 69.5 Å². The minimum Gasteiger partial charge on any atom is -0.481 e. The molecule has 0 aliphatic heterocycles. The summed E-state index contributed by atoms with van der Waals surface area (Å²) < 4.78 is 5.01. The van der Waals surface area contributed by atoms with E-state index < -0.39 is 0 Å². The fourth-order valence-corrected chi connectivity index (χ4v) is 0.959. The van der Waals surface area contributed by atoms with E-state index in [4.69, 9.17) is 10.1 Å². The van der Waals surface area contributed by atoms with Crippen molar-refractivity contribution in [3.05, 3.63) is 0 Å². The molecule has 2 heteroatoms. The van der Waals surface area contributed by atoms with Gasteiger partial charge in [-0.3, -0.25) is 5.41 Å². The van der Waals surface area contributed by atoms with Gasteiger partial charge in [0.2, 0.25) is 0 Å². The SMILES string of the molecule is CCCCCCC(=N)OCC. The molecule has 0 bridgehead atoms. The molecular weight excluding hydrogens is 138 g/mol. The molecule has 0 amide bonds. The predicted octanol–water partition coefficient (Wildman–Crippen LogP) is 2.97. The Morgan fingerprint density at radius 3 is 2.45 bits per heavy atom. The van der Waals surface area contributed by atoms with Gasteiger partial charge in [0.25, 0.3) is 0 Å². The zero-order valence-electron chi connectivity index (χ0n) is 7.65. The number of rotatable bonds is 6. The lowest BCUT2D eigenvalue weighted by Crippen LogP contribution is -2.01. The third-order valence-electron chi connectivity index (χ3n) is 1.58. The first kappa shape index (κ1) is 10.5. The molecule has 1 N–H and O–H groups in total. The van der Waals surface area contributed by atoms with Gasteiger partial charge >= 0.3 is 0 Å². The molecule has 0 aliphatic rings. The monoisotopic (exact) mass is 157 g/mol. The average molecular weight is 157 g/mol. The topological polar surface area (TPSA) is 33.1 Å². The number of nitrogens with one attached hydrogen (secondary N) is 1. The van der Waals surface area contributed by atoms with Gasteiger partial charge in [0.1, 0.15) is 0 Å². The van der Waals surface area contributed by atoms with Crippen LogP contribution in [0.1, 0.15) is 46.0 Å². The average Bonchev–Trinajstić information content (AvgIpc) is 1.99. The first-order chi connectivity index (χ1) is 5.31. The largest absolute Gasteiger partial charge is 0.481 e. The molecule has 0 radical (unpaired) electrons. The third kappa shape index (κ3) is 7.37. The highest BCUT2D eigenvalue weighted by molar-refractivity contribution is 5.72. The fourth-order valence-electron chi connectivity index (χ4n) is 0.959. The lowest BCUT2D eigenvalue weighted by atomic mass is 10.1. The van der Waals surface area contributed by atoms with Crippen molar-refractivity contribution >= 4 is 5.90 Å². The maximum Gasteiger partial charge on any atom is 0.180 e. The lowest BCUT2D eigenvalue weighted by Gasteiger charge is -2.03. The number of hydrogen-bond donors (Lipinski definition) is 1. The van der Waals surface area contributed by atoms with Gasteiger partial charge in [0.15, 0.2) is 5.90 Å². The molecule has 2 nitrogen and oxygen atoms in total. The molecule has 0 saturated heterocycles. The lowest BCUT2D eigenvalue weighted by molar-refractivity contribution is 0.312. The van der Waals surface area contributed by atoms with Gasteiger partial charge in [-0.05, 0) is 13.3 Å². The standard InChI is InChI=1S/C9H19NO/c1-3-5-6-7-8-9(10)11-4-2/h10H,3-8H2,1-2H3. The van der Waals surface area contributed by atoms with Crippen LogP contribution in [0.15, 0.2) is 0 Å². The Balaban J connectivity index is 3.04. The van der Waals surface area contributed by atoms with Crippen molar-refractivity contribution in [2.45, 2.75) is 46.0 Å². The number of ether oxygens (including phenoxy) is 1. The van der Waals surface area contributed by atoms with E-state index in [1.165, 1.54) is 19.3 Å². The third-order valence-corrected chi connectivity index (χ3v) is 1.58. The van der Waals surface area contributed by atoms with Crippen LogP contribution >= 0.6 is 0 Å². The molecule has 0 aromatic rings. The van der Waals surface area contributed by atoms with Gasteiger partial charge in [-0.1, -0.05) is 26.2 Å². The minimum absolute atomic E-state index is 0.448. The molecule has 66 valence electrons. The second-order valence-corrected chi connectivity index (χ2v) is 2.67.